The molecule has 0 spiro atoms. The normalized spacial score (nSPS) is 12.8. The first-order chi connectivity index (χ1) is 10.1. The Labute approximate surface area is 118 Å². The average Bonchev–Trinajstić information content (AvgIpc) is 2.84. The Morgan fingerprint density at radius 1 is 1.38 bits per heavy atom. The fourth-order valence-electron chi connectivity index (χ4n) is 2.51. The summed E-state index contributed by atoms with van der Waals surface area (Å²) in [6, 6.07) is 5.22. The fourth-order valence-corrected chi connectivity index (χ4v) is 2.51. The summed E-state index contributed by atoms with van der Waals surface area (Å²) in [5.74, 6) is -0.960. The van der Waals surface area contributed by atoms with Crippen molar-refractivity contribution < 1.29 is 15.0 Å². The highest BCUT2D eigenvalue weighted by molar-refractivity contribution is 6.07. The maximum atomic E-state index is 11.9. The molecule has 7 heteroatoms. The third kappa shape index (κ3) is 2.27. The molecule has 108 valence electrons. The van der Waals surface area contributed by atoms with Crippen LogP contribution in [0, 0.1) is 0 Å². The van der Waals surface area contributed by atoms with E-state index < -0.39 is 12.1 Å². The number of aromatic nitrogens is 3. The number of hydrogen-bond donors (Lipinski definition) is 4. The van der Waals surface area contributed by atoms with Crippen LogP contribution in [0.4, 0.5) is 0 Å². The van der Waals surface area contributed by atoms with Crippen LogP contribution in [0.3, 0.4) is 0 Å². The predicted octanol–water partition coefficient (Wildman–Crippen LogP) is 1.30. The number of nitrogens with one attached hydrogen (secondary N) is 2. The van der Waals surface area contributed by atoms with Crippen LogP contribution in [0.1, 0.15) is 24.5 Å². The van der Waals surface area contributed by atoms with E-state index in [9.17, 15) is 14.7 Å². The van der Waals surface area contributed by atoms with E-state index in [0.29, 0.717) is 27.4 Å². The molecule has 1 aromatic carbocycles. The van der Waals surface area contributed by atoms with E-state index in [1.165, 1.54) is 6.20 Å². The largest absolute Gasteiger partial charge is 0.481 e. The molecule has 7 nitrogen and oxygen atoms in total. The van der Waals surface area contributed by atoms with E-state index in [4.69, 9.17) is 5.11 Å². The van der Waals surface area contributed by atoms with Crippen molar-refractivity contribution in [2.45, 2.75) is 18.9 Å². The number of para-hydroxylation sites is 1. The van der Waals surface area contributed by atoms with Crippen LogP contribution < -0.4 is 5.56 Å². The molecule has 0 aliphatic carbocycles. The number of nitrogens with zero attached hydrogens (tertiary/aromatic N) is 1. The maximum absolute atomic E-state index is 11.9. The lowest BCUT2D eigenvalue weighted by molar-refractivity contribution is -0.137. The zero-order chi connectivity index (χ0) is 15.0. The maximum Gasteiger partial charge on any atom is 0.303 e. The van der Waals surface area contributed by atoms with Crippen molar-refractivity contribution in [2.24, 2.45) is 0 Å². The first kappa shape index (κ1) is 13.3. The lowest BCUT2D eigenvalue weighted by atomic mass is 10.0. The Kier molecular flexibility index (Phi) is 3.19. The number of carboxylic acid groups (broad SMARTS) is 1. The monoisotopic (exact) mass is 287 g/mol. The number of aliphatic hydroxyl groups excluding tert-OH is 1. The van der Waals surface area contributed by atoms with E-state index in [1.807, 2.05) is 0 Å². The molecule has 2 heterocycles. The van der Waals surface area contributed by atoms with Gasteiger partial charge in [-0.05, 0) is 6.42 Å². The van der Waals surface area contributed by atoms with Gasteiger partial charge in [-0.3, -0.25) is 9.59 Å². The van der Waals surface area contributed by atoms with E-state index >= 15 is 0 Å². The zero-order valence-electron chi connectivity index (χ0n) is 11.0. The van der Waals surface area contributed by atoms with Gasteiger partial charge in [0.2, 0.25) is 0 Å². The molecule has 4 N–H and O–H groups in total. The lowest BCUT2D eigenvalue weighted by Crippen LogP contribution is -2.06. The third-order valence-corrected chi connectivity index (χ3v) is 3.47. The first-order valence-corrected chi connectivity index (χ1v) is 6.46. The molecule has 0 aliphatic rings. The van der Waals surface area contributed by atoms with Crippen LogP contribution in [-0.2, 0) is 4.79 Å². The topological polar surface area (TPSA) is 119 Å². The molecule has 0 saturated heterocycles. The third-order valence-electron chi connectivity index (χ3n) is 3.47. The Hall–Kier alpha value is -2.67. The summed E-state index contributed by atoms with van der Waals surface area (Å²) in [6.45, 7) is 0. The number of aliphatic hydroxyl groups is 1. The smallest absolute Gasteiger partial charge is 0.303 e. The predicted molar refractivity (Wildman–Crippen MR) is 76.0 cm³/mol. The van der Waals surface area contributed by atoms with Gasteiger partial charge in [0.25, 0.3) is 5.56 Å². The van der Waals surface area contributed by atoms with Gasteiger partial charge in [0.1, 0.15) is 0 Å². The number of benzene rings is 1. The highest BCUT2D eigenvalue weighted by atomic mass is 16.4. The van der Waals surface area contributed by atoms with Crippen molar-refractivity contribution >= 4 is 27.8 Å². The Morgan fingerprint density at radius 2 is 2.19 bits per heavy atom. The van der Waals surface area contributed by atoms with Crippen LogP contribution >= 0.6 is 0 Å². The molecule has 3 aromatic rings. The van der Waals surface area contributed by atoms with Gasteiger partial charge in [-0.1, -0.05) is 18.2 Å². The van der Waals surface area contributed by atoms with Crippen LogP contribution in [0.2, 0.25) is 0 Å². The number of rotatable bonds is 4. The summed E-state index contributed by atoms with van der Waals surface area (Å²) in [5.41, 5.74) is 1.47. The summed E-state index contributed by atoms with van der Waals surface area (Å²) in [4.78, 5) is 25.5. The minimum absolute atomic E-state index is 0.110. The van der Waals surface area contributed by atoms with E-state index in [-0.39, 0.29) is 18.4 Å². The summed E-state index contributed by atoms with van der Waals surface area (Å²) >= 11 is 0. The van der Waals surface area contributed by atoms with Crippen molar-refractivity contribution in [3.8, 4) is 0 Å². The van der Waals surface area contributed by atoms with Gasteiger partial charge in [0.15, 0.2) is 0 Å². The number of carboxylic acids is 1. The van der Waals surface area contributed by atoms with Gasteiger partial charge in [-0.25, -0.2) is 5.10 Å². The molecule has 0 radical (unpaired) electrons. The van der Waals surface area contributed by atoms with Gasteiger partial charge in [-0.15, -0.1) is 0 Å². The molecular formula is C14H13N3O4. The molecule has 2 aromatic heterocycles. The molecule has 0 aliphatic heterocycles. The second kappa shape index (κ2) is 5.02. The SMILES string of the molecule is O=C(O)CCC(O)c1cccc2c1[nH]c1cn[nH]c(=O)c12. The molecule has 0 saturated carbocycles. The van der Waals surface area contributed by atoms with Crippen molar-refractivity contribution in [2.75, 3.05) is 0 Å². The van der Waals surface area contributed by atoms with E-state index in [0.717, 1.165) is 0 Å². The van der Waals surface area contributed by atoms with Gasteiger partial charge in [0.05, 0.1) is 28.7 Å². The van der Waals surface area contributed by atoms with Gasteiger partial charge in [0, 0.05) is 17.4 Å². The van der Waals surface area contributed by atoms with Gasteiger partial charge in [-0.2, -0.15) is 5.10 Å². The number of fused-ring (bicyclic) bond motifs is 3. The molecular weight excluding hydrogens is 274 g/mol. The quantitative estimate of drug-likeness (QED) is 0.576. The summed E-state index contributed by atoms with van der Waals surface area (Å²) in [5, 5.41) is 26.1. The molecule has 3 rings (SSSR count). The minimum Gasteiger partial charge on any atom is -0.481 e. The zero-order valence-corrected chi connectivity index (χ0v) is 11.0. The number of hydrogen-bond acceptors (Lipinski definition) is 4. The highest BCUT2D eigenvalue weighted by Crippen LogP contribution is 2.30. The number of carbonyl (C=O) groups is 1. The number of aromatic amines is 2. The Morgan fingerprint density at radius 3 is 2.95 bits per heavy atom. The van der Waals surface area contributed by atoms with Crippen LogP contribution in [-0.4, -0.2) is 31.4 Å². The van der Waals surface area contributed by atoms with Gasteiger partial charge < -0.3 is 15.2 Å². The molecule has 1 atom stereocenters. The van der Waals surface area contributed by atoms with Crippen molar-refractivity contribution in [1.82, 2.24) is 15.2 Å². The number of H-pyrrole nitrogens is 2. The highest BCUT2D eigenvalue weighted by Gasteiger charge is 2.16. The molecule has 21 heavy (non-hydrogen) atoms. The first-order valence-electron chi connectivity index (χ1n) is 6.46. The minimum atomic E-state index is -0.960. The summed E-state index contributed by atoms with van der Waals surface area (Å²) in [6.07, 6.45) is 0.576. The summed E-state index contributed by atoms with van der Waals surface area (Å²) in [7, 11) is 0. The molecule has 1 unspecified atom stereocenters. The van der Waals surface area contributed by atoms with Crippen molar-refractivity contribution in [3.05, 3.63) is 40.3 Å². The molecule has 0 amide bonds. The van der Waals surface area contributed by atoms with Crippen LogP contribution in [0.15, 0.2) is 29.2 Å². The number of aliphatic carboxylic acids is 1. The summed E-state index contributed by atoms with van der Waals surface area (Å²) < 4.78 is 0. The van der Waals surface area contributed by atoms with Gasteiger partial charge >= 0.3 is 5.97 Å². The lowest BCUT2D eigenvalue weighted by Gasteiger charge is -2.10. The fraction of sp³-hybridized carbons (Fsp3) is 0.214. The standard InChI is InChI=1S/C14H13N3O4/c18-10(4-5-11(19)20)7-2-1-3-8-12-9(16-13(7)8)6-15-17-14(12)21/h1-3,6,10,16,18H,4-5H2,(H,17,21)(H,19,20). The van der Waals surface area contributed by atoms with E-state index in [2.05, 4.69) is 15.2 Å². The second-order valence-corrected chi connectivity index (χ2v) is 4.83. The Balaban J connectivity index is 2.16. The second-order valence-electron chi connectivity index (χ2n) is 4.83. The van der Waals surface area contributed by atoms with Crippen molar-refractivity contribution in [3.63, 3.8) is 0 Å². The molecule has 0 bridgehead atoms. The van der Waals surface area contributed by atoms with Crippen LogP contribution in [0.5, 0.6) is 0 Å². The van der Waals surface area contributed by atoms with Crippen molar-refractivity contribution in [1.29, 1.82) is 0 Å². The molecule has 0 fully saturated rings. The van der Waals surface area contributed by atoms with E-state index in [1.54, 1.807) is 18.2 Å². The van der Waals surface area contributed by atoms with Crippen LogP contribution in [0.25, 0.3) is 21.8 Å². The Bertz CT molecular complexity index is 881. The average molecular weight is 287 g/mol.